The smallest absolute Gasteiger partial charge is 0.133 e. The summed E-state index contributed by atoms with van der Waals surface area (Å²) in [5, 5.41) is 1.81. The lowest BCUT2D eigenvalue weighted by Crippen LogP contribution is -1.90. The van der Waals surface area contributed by atoms with E-state index in [9.17, 15) is 0 Å². The lowest BCUT2D eigenvalue weighted by molar-refractivity contribution is 0.412. The van der Waals surface area contributed by atoms with Crippen molar-refractivity contribution in [3.8, 4) is 16.9 Å². The zero-order chi connectivity index (χ0) is 13.3. The molecule has 1 nitrogen and oxygen atoms in total. The van der Waals surface area contributed by atoms with Gasteiger partial charge in [-0.05, 0) is 46.9 Å². The molecule has 0 fully saturated rings. The average Bonchev–Trinajstić information content (AvgIpc) is 2.35. The van der Waals surface area contributed by atoms with Gasteiger partial charge in [0.15, 0.2) is 0 Å². The Morgan fingerprint density at radius 3 is 2.28 bits per heavy atom. The Bertz CT molecular complexity index is 599. The third-order valence-electron chi connectivity index (χ3n) is 2.46. The molecule has 18 heavy (non-hydrogen) atoms. The molecule has 0 saturated carbocycles. The van der Waals surface area contributed by atoms with Gasteiger partial charge in [0.25, 0.3) is 0 Å². The summed E-state index contributed by atoms with van der Waals surface area (Å²) >= 11 is 20.6. The van der Waals surface area contributed by atoms with E-state index < -0.39 is 0 Å². The Balaban J connectivity index is 2.64. The molecule has 0 atom stereocenters. The van der Waals surface area contributed by atoms with Crippen molar-refractivity contribution >= 4 is 57.4 Å². The van der Waals surface area contributed by atoms with Crippen molar-refractivity contribution in [3.05, 3.63) is 49.0 Å². The molecule has 0 unspecified atom stereocenters. The normalized spacial score (nSPS) is 10.5. The number of hydrogen-bond donors (Lipinski definition) is 0. The molecule has 0 bridgehead atoms. The Hall–Kier alpha value is -0.160. The topological polar surface area (TPSA) is 9.23 Å². The second-order valence-electron chi connectivity index (χ2n) is 3.59. The molecule has 0 radical (unpaired) electrons. The highest BCUT2D eigenvalue weighted by Crippen LogP contribution is 2.38. The van der Waals surface area contributed by atoms with Gasteiger partial charge in [0.1, 0.15) is 5.75 Å². The van der Waals surface area contributed by atoms with Gasteiger partial charge in [-0.15, -0.1) is 0 Å². The van der Waals surface area contributed by atoms with Gasteiger partial charge >= 0.3 is 0 Å². The molecular weight excluding hydrogens is 405 g/mol. The van der Waals surface area contributed by atoms with Gasteiger partial charge < -0.3 is 4.74 Å². The summed E-state index contributed by atoms with van der Waals surface area (Å²) in [7, 11) is 1.61. The highest BCUT2D eigenvalue weighted by atomic mass is 127. The van der Waals surface area contributed by atoms with E-state index in [1.165, 1.54) is 0 Å². The van der Waals surface area contributed by atoms with Crippen LogP contribution in [0.3, 0.4) is 0 Å². The zero-order valence-corrected chi connectivity index (χ0v) is 13.7. The van der Waals surface area contributed by atoms with Crippen LogP contribution in [0.25, 0.3) is 11.1 Å². The molecule has 5 heteroatoms. The first kappa shape index (κ1) is 14.3. The van der Waals surface area contributed by atoms with E-state index in [-0.39, 0.29) is 0 Å². The summed E-state index contributed by atoms with van der Waals surface area (Å²) in [5.41, 5.74) is 1.66. The van der Waals surface area contributed by atoms with Crippen LogP contribution >= 0.6 is 57.4 Å². The molecule has 0 amide bonds. The van der Waals surface area contributed by atoms with Crippen molar-refractivity contribution < 1.29 is 4.74 Å². The van der Waals surface area contributed by atoms with E-state index in [0.717, 1.165) is 20.4 Å². The number of benzene rings is 2. The lowest BCUT2D eigenvalue weighted by atomic mass is 10.1. The molecule has 0 aliphatic rings. The van der Waals surface area contributed by atoms with Crippen LogP contribution in [0.2, 0.25) is 15.1 Å². The summed E-state index contributed by atoms with van der Waals surface area (Å²) in [5.74, 6) is 0.738. The summed E-state index contributed by atoms with van der Waals surface area (Å²) in [4.78, 5) is 0. The first-order valence-corrected chi connectivity index (χ1v) is 7.22. The number of halogens is 4. The van der Waals surface area contributed by atoms with E-state index in [4.69, 9.17) is 39.5 Å². The van der Waals surface area contributed by atoms with Crippen LogP contribution in [-0.4, -0.2) is 7.11 Å². The van der Waals surface area contributed by atoms with Crippen LogP contribution in [0.4, 0.5) is 0 Å². The molecule has 2 aromatic rings. The predicted molar refractivity (Wildman–Crippen MR) is 86.2 cm³/mol. The van der Waals surface area contributed by atoms with Crippen molar-refractivity contribution in [3.63, 3.8) is 0 Å². The van der Waals surface area contributed by atoms with Crippen LogP contribution in [0, 0.1) is 3.57 Å². The van der Waals surface area contributed by atoms with Crippen LogP contribution in [-0.2, 0) is 0 Å². The van der Waals surface area contributed by atoms with Crippen molar-refractivity contribution in [1.82, 2.24) is 0 Å². The molecule has 2 aromatic carbocycles. The quantitative estimate of drug-likeness (QED) is 0.555. The standard InChI is InChI=1S/C13H8Cl3IO/c1-18-13-6-11(16)9(5-12(13)17)8-4-7(14)2-3-10(8)15/h2-6H,1H3. The first-order valence-electron chi connectivity index (χ1n) is 5.01. The second-order valence-corrected chi connectivity index (χ2v) is 6.00. The monoisotopic (exact) mass is 412 g/mol. The first-order chi connectivity index (χ1) is 8.52. The summed E-state index contributed by atoms with van der Waals surface area (Å²) in [6, 6.07) is 9.01. The van der Waals surface area contributed by atoms with Gasteiger partial charge in [-0.3, -0.25) is 0 Å². The molecule has 0 aliphatic heterocycles. The van der Waals surface area contributed by atoms with Gasteiger partial charge in [0, 0.05) is 27.2 Å². The van der Waals surface area contributed by atoms with Crippen molar-refractivity contribution in [2.45, 2.75) is 0 Å². The van der Waals surface area contributed by atoms with Crippen LogP contribution in [0.1, 0.15) is 0 Å². The third kappa shape index (κ3) is 2.87. The maximum absolute atomic E-state index is 6.25. The van der Waals surface area contributed by atoms with E-state index in [2.05, 4.69) is 22.6 Å². The number of ether oxygens (including phenoxy) is 1. The summed E-state index contributed by atoms with van der Waals surface area (Å²) in [6.45, 7) is 0. The van der Waals surface area contributed by atoms with Gasteiger partial charge in [0.05, 0.1) is 15.7 Å². The Morgan fingerprint density at radius 2 is 1.61 bits per heavy atom. The van der Waals surface area contributed by atoms with Crippen molar-refractivity contribution in [2.75, 3.05) is 7.11 Å². The molecule has 0 spiro atoms. The largest absolute Gasteiger partial charge is 0.496 e. The van der Waals surface area contributed by atoms with Gasteiger partial charge in [-0.1, -0.05) is 34.8 Å². The fourth-order valence-electron chi connectivity index (χ4n) is 1.60. The fourth-order valence-corrected chi connectivity index (χ4v) is 2.93. The van der Waals surface area contributed by atoms with Gasteiger partial charge in [-0.2, -0.15) is 0 Å². The maximum atomic E-state index is 6.25. The molecular formula is C13H8Cl3IO. The van der Waals surface area contributed by atoms with Crippen LogP contribution in [0.5, 0.6) is 5.75 Å². The van der Waals surface area contributed by atoms with E-state index in [1.54, 1.807) is 31.4 Å². The summed E-state index contributed by atoms with van der Waals surface area (Å²) < 4.78 is 6.18. The minimum Gasteiger partial charge on any atom is -0.496 e. The summed E-state index contributed by atoms with van der Waals surface area (Å²) in [6.07, 6.45) is 0. The van der Waals surface area contributed by atoms with Crippen molar-refractivity contribution in [2.24, 2.45) is 0 Å². The molecule has 0 aliphatic carbocycles. The van der Waals surface area contributed by atoms with Crippen LogP contribution < -0.4 is 4.74 Å². The van der Waals surface area contributed by atoms with E-state index in [1.807, 2.05) is 6.07 Å². The molecule has 0 saturated heterocycles. The highest BCUT2D eigenvalue weighted by molar-refractivity contribution is 14.1. The minimum absolute atomic E-state index is 0.580. The minimum atomic E-state index is 0.580. The number of rotatable bonds is 2. The lowest BCUT2D eigenvalue weighted by Gasteiger charge is -2.11. The number of methoxy groups -OCH3 is 1. The van der Waals surface area contributed by atoms with Crippen LogP contribution in [0.15, 0.2) is 30.3 Å². The Labute approximate surface area is 134 Å². The molecule has 0 aromatic heterocycles. The third-order valence-corrected chi connectivity index (χ3v) is 4.18. The maximum Gasteiger partial charge on any atom is 0.133 e. The highest BCUT2D eigenvalue weighted by Gasteiger charge is 2.12. The predicted octanol–water partition coefficient (Wildman–Crippen LogP) is 5.93. The molecule has 0 heterocycles. The van der Waals surface area contributed by atoms with Gasteiger partial charge in [-0.25, -0.2) is 0 Å². The van der Waals surface area contributed by atoms with Crippen molar-refractivity contribution in [1.29, 1.82) is 0 Å². The van der Waals surface area contributed by atoms with Gasteiger partial charge in [0.2, 0.25) is 0 Å². The fraction of sp³-hybridized carbons (Fsp3) is 0.0769. The van der Waals surface area contributed by atoms with E-state index >= 15 is 0 Å². The number of hydrogen-bond acceptors (Lipinski definition) is 1. The van der Waals surface area contributed by atoms with E-state index in [0.29, 0.717) is 15.1 Å². The second kappa shape index (κ2) is 5.87. The average molecular weight is 413 g/mol. The Morgan fingerprint density at radius 1 is 0.944 bits per heavy atom. The molecule has 2 rings (SSSR count). The SMILES string of the molecule is COc1cc(Cl)c(-c2cc(Cl)ccc2Cl)cc1I. The molecule has 0 N–H and O–H groups in total. The Kier molecular flexibility index (Phi) is 4.64. The molecule has 94 valence electrons. The zero-order valence-electron chi connectivity index (χ0n) is 9.31.